The number of nitrogens with one attached hydrogen (secondary N) is 2. The summed E-state index contributed by atoms with van der Waals surface area (Å²) in [5.41, 5.74) is 0.768. The Morgan fingerprint density at radius 2 is 1.90 bits per heavy atom. The molecule has 11 heteroatoms. The molecule has 0 unspecified atom stereocenters. The van der Waals surface area contributed by atoms with Crippen LogP contribution >= 0.6 is 23.1 Å². The standard InChI is InChI=1S/C20H26N6O3S2/c27-17(14-30-20-24-23-18(31-20)21-13-16-7-4-12-29-16)25-8-10-26(11-9-25)19(28)22-15-5-2-1-3-6-15/h1-3,5-6,16H,4,7-14H2,(H,21,23)(H,22,28)/t16-/m1/s1. The van der Waals surface area contributed by atoms with Crippen LogP contribution < -0.4 is 10.6 Å². The molecule has 2 aliphatic rings. The maximum atomic E-state index is 12.6. The summed E-state index contributed by atoms with van der Waals surface area (Å²) in [4.78, 5) is 28.5. The molecule has 1 atom stereocenters. The smallest absolute Gasteiger partial charge is 0.321 e. The third kappa shape index (κ3) is 6.31. The summed E-state index contributed by atoms with van der Waals surface area (Å²) < 4.78 is 6.36. The van der Waals surface area contributed by atoms with Crippen molar-refractivity contribution < 1.29 is 14.3 Å². The Balaban J connectivity index is 1.16. The highest BCUT2D eigenvalue weighted by atomic mass is 32.2. The van der Waals surface area contributed by atoms with Crippen LogP contribution in [0.3, 0.4) is 0 Å². The predicted octanol–water partition coefficient (Wildman–Crippen LogP) is 2.60. The van der Waals surface area contributed by atoms with Crippen LogP contribution in [0.25, 0.3) is 0 Å². The van der Waals surface area contributed by atoms with E-state index in [1.165, 1.54) is 23.1 Å². The summed E-state index contributed by atoms with van der Waals surface area (Å²) in [6.07, 6.45) is 2.43. The maximum absolute atomic E-state index is 12.6. The van der Waals surface area contributed by atoms with Crippen molar-refractivity contribution in [2.75, 3.05) is 55.7 Å². The van der Waals surface area contributed by atoms with Crippen LogP contribution in [-0.2, 0) is 9.53 Å². The molecule has 2 aliphatic heterocycles. The lowest BCUT2D eigenvalue weighted by atomic mass is 10.2. The first-order valence-electron chi connectivity index (χ1n) is 10.4. The van der Waals surface area contributed by atoms with Crippen LogP contribution in [0.5, 0.6) is 0 Å². The zero-order valence-corrected chi connectivity index (χ0v) is 18.8. The lowest BCUT2D eigenvalue weighted by molar-refractivity contribution is -0.129. The molecule has 2 N–H and O–H groups in total. The molecule has 9 nitrogen and oxygen atoms in total. The number of carbonyl (C=O) groups is 2. The van der Waals surface area contributed by atoms with E-state index in [2.05, 4.69) is 20.8 Å². The molecule has 0 radical (unpaired) electrons. The third-order valence-corrected chi connectivity index (χ3v) is 7.17. The van der Waals surface area contributed by atoms with E-state index in [1.807, 2.05) is 30.3 Å². The summed E-state index contributed by atoms with van der Waals surface area (Å²) in [5.74, 6) is 0.369. The Kier molecular flexibility index (Phi) is 7.60. The number of aromatic nitrogens is 2. The first-order valence-corrected chi connectivity index (χ1v) is 12.2. The van der Waals surface area contributed by atoms with Gasteiger partial charge >= 0.3 is 6.03 Å². The number of urea groups is 1. The van der Waals surface area contributed by atoms with E-state index in [1.54, 1.807) is 9.80 Å². The van der Waals surface area contributed by atoms with Crippen molar-refractivity contribution in [2.45, 2.75) is 23.3 Å². The van der Waals surface area contributed by atoms with Crippen LogP contribution in [0.1, 0.15) is 12.8 Å². The number of thioether (sulfide) groups is 1. The first kappa shape index (κ1) is 21.8. The number of ether oxygens (including phenoxy) is 1. The molecule has 166 valence electrons. The predicted molar refractivity (Wildman–Crippen MR) is 122 cm³/mol. The number of amides is 3. The Hall–Kier alpha value is -2.37. The number of para-hydroxylation sites is 1. The van der Waals surface area contributed by atoms with E-state index in [-0.39, 0.29) is 18.0 Å². The van der Waals surface area contributed by atoms with Crippen molar-refractivity contribution in [1.29, 1.82) is 0 Å². The number of carbonyl (C=O) groups excluding carboxylic acids is 2. The molecule has 1 aromatic carbocycles. The third-order valence-electron chi connectivity index (χ3n) is 5.18. The van der Waals surface area contributed by atoms with Gasteiger partial charge in [-0.3, -0.25) is 4.79 Å². The molecule has 31 heavy (non-hydrogen) atoms. The topological polar surface area (TPSA) is 99.7 Å². The van der Waals surface area contributed by atoms with Gasteiger partial charge in [-0.2, -0.15) is 0 Å². The van der Waals surface area contributed by atoms with Crippen LogP contribution in [-0.4, -0.2) is 83.1 Å². The fourth-order valence-corrected chi connectivity index (χ4v) is 5.11. The molecule has 1 aromatic heterocycles. The molecule has 3 heterocycles. The van der Waals surface area contributed by atoms with Gasteiger partial charge in [0.05, 0.1) is 11.9 Å². The summed E-state index contributed by atoms with van der Waals surface area (Å²) in [6, 6.07) is 9.24. The van der Waals surface area contributed by atoms with Crippen LogP contribution in [0, 0.1) is 0 Å². The average Bonchev–Trinajstić information content (AvgIpc) is 3.49. The molecule has 3 amide bonds. The molecule has 0 bridgehead atoms. The van der Waals surface area contributed by atoms with Gasteiger partial charge in [0.25, 0.3) is 0 Å². The number of rotatable bonds is 7. The highest BCUT2D eigenvalue weighted by Gasteiger charge is 2.24. The van der Waals surface area contributed by atoms with Gasteiger partial charge in [-0.1, -0.05) is 41.3 Å². The summed E-state index contributed by atoms with van der Waals surface area (Å²) in [7, 11) is 0. The Bertz CT molecular complexity index is 867. The number of hydrogen-bond donors (Lipinski definition) is 2. The Morgan fingerprint density at radius 1 is 1.13 bits per heavy atom. The second-order valence-corrected chi connectivity index (χ2v) is 9.54. The molecule has 0 aliphatic carbocycles. The van der Waals surface area contributed by atoms with E-state index in [4.69, 9.17) is 4.74 Å². The van der Waals surface area contributed by atoms with Crippen molar-refractivity contribution in [3.8, 4) is 0 Å². The summed E-state index contributed by atoms with van der Waals surface area (Å²) in [6.45, 7) is 3.67. The molecule has 0 saturated carbocycles. The molecule has 4 rings (SSSR count). The Labute approximate surface area is 189 Å². The average molecular weight is 463 g/mol. The molecular formula is C20H26N6O3S2. The number of nitrogens with zero attached hydrogens (tertiary/aromatic N) is 4. The maximum Gasteiger partial charge on any atom is 0.321 e. The second-order valence-electron chi connectivity index (χ2n) is 7.34. The van der Waals surface area contributed by atoms with Crippen molar-refractivity contribution >= 4 is 45.9 Å². The van der Waals surface area contributed by atoms with Crippen molar-refractivity contribution in [2.24, 2.45) is 0 Å². The number of benzene rings is 1. The second kappa shape index (κ2) is 10.8. The minimum absolute atomic E-state index is 0.0529. The van der Waals surface area contributed by atoms with Crippen molar-refractivity contribution in [3.63, 3.8) is 0 Å². The zero-order valence-electron chi connectivity index (χ0n) is 17.2. The van der Waals surface area contributed by atoms with Crippen LogP contribution in [0.15, 0.2) is 34.7 Å². The van der Waals surface area contributed by atoms with Gasteiger partial charge in [0.2, 0.25) is 11.0 Å². The lowest BCUT2D eigenvalue weighted by Crippen LogP contribution is -2.52. The number of piperazine rings is 1. The van der Waals surface area contributed by atoms with Gasteiger partial charge < -0.3 is 25.2 Å². The number of anilines is 2. The normalized spacial score (nSPS) is 18.8. The minimum atomic E-state index is -0.135. The van der Waals surface area contributed by atoms with Gasteiger partial charge in [-0.15, -0.1) is 10.2 Å². The number of hydrogen-bond acceptors (Lipinski definition) is 8. The van der Waals surface area contributed by atoms with E-state index in [9.17, 15) is 9.59 Å². The minimum Gasteiger partial charge on any atom is -0.376 e. The fourth-order valence-electron chi connectivity index (χ4n) is 3.44. The molecule has 2 saturated heterocycles. The van der Waals surface area contributed by atoms with E-state index < -0.39 is 0 Å². The van der Waals surface area contributed by atoms with Crippen molar-refractivity contribution in [3.05, 3.63) is 30.3 Å². The van der Waals surface area contributed by atoms with Gasteiger partial charge in [-0.05, 0) is 25.0 Å². The van der Waals surface area contributed by atoms with Gasteiger partial charge in [0, 0.05) is 45.0 Å². The summed E-state index contributed by atoms with van der Waals surface area (Å²) >= 11 is 2.85. The monoisotopic (exact) mass is 462 g/mol. The van der Waals surface area contributed by atoms with Gasteiger partial charge in [0.15, 0.2) is 4.34 Å². The molecular weight excluding hydrogens is 436 g/mol. The molecule has 2 fully saturated rings. The summed E-state index contributed by atoms with van der Waals surface area (Å²) in [5, 5.41) is 15.2. The van der Waals surface area contributed by atoms with Crippen LogP contribution in [0.4, 0.5) is 15.6 Å². The highest BCUT2D eigenvalue weighted by molar-refractivity contribution is 8.01. The largest absolute Gasteiger partial charge is 0.376 e. The van der Waals surface area contributed by atoms with E-state index in [0.717, 1.165) is 41.2 Å². The zero-order chi connectivity index (χ0) is 21.5. The van der Waals surface area contributed by atoms with E-state index >= 15 is 0 Å². The van der Waals surface area contributed by atoms with E-state index in [0.29, 0.717) is 31.9 Å². The lowest BCUT2D eigenvalue weighted by Gasteiger charge is -2.34. The first-order chi connectivity index (χ1) is 15.2. The molecule has 0 spiro atoms. The SMILES string of the molecule is O=C(CSc1nnc(NC[C@H]2CCCO2)s1)N1CCN(C(=O)Nc2ccccc2)CC1. The highest BCUT2D eigenvalue weighted by Crippen LogP contribution is 2.26. The molecule has 2 aromatic rings. The quantitative estimate of drug-likeness (QED) is 0.610. The van der Waals surface area contributed by atoms with Gasteiger partial charge in [-0.25, -0.2) is 4.79 Å². The fraction of sp³-hybridized carbons (Fsp3) is 0.500. The van der Waals surface area contributed by atoms with Crippen molar-refractivity contribution in [1.82, 2.24) is 20.0 Å². The Morgan fingerprint density at radius 3 is 2.65 bits per heavy atom. The van der Waals surface area contributed by atoms with Crippen LogP contribution in [0.2, 0.25) is 0 Å². The van der Waals surface area contributed by atoms with Gasteiger partial charge in [0.1, 0.15) is 0 Å².